The summed E-state index contributed by atoms with van der Waals surface area (Å²) in [6, 6.07) is 5.19. The van der Waals surface area contributed by atoms with Gasteiger partial charge in [0.2, 0.25) is 5.76 Å². The number of aliphatic hydroxyl groups excluding tert-OH is 1. The van der Waals surface area contributed by atoms with Crippen LogP contribution in [0, 0.1) is 17.0 Å². The van der Waals surface area contributed by atoms with Gasteiger partial charge in [-0.15, -0.1) is 0 Å². The minimum atomic E-state index is -0.826. The minimum absolute atomic E-state index is 0.00389. The lowest BCUT2D eigenvalue weighted by Gasteiger charge is -2.10. The van der Waals surface area contributed by atoms with Gasteiger partial charge in [0, 0.05) is 29.9 Å². The molecule has 0 saturated heterocycles. The number of nitro benzene ring substituents is 1. The zero-order valence-electron chi connectivity index (χ0n) is 14.7. The third kappa shape index (κ3) is 4.82. The third-order valence-electron chi connectivity index (χ3n) is 3.55. The topological polar surface area (TPSA) is 141 Å². The molecule has 0 aliphatic carbocycles. The number of esters is 2. The van der Waals surface area contributed by atoms with E-state index in [1.54, 1.807) is 6.92 Å². The first-order chi connectivity index (χ1) is 12.9. The average Bonchev–Trinajstić information content (AvgIpc) is 3.04. The largest absolute Gasteiger partial charge is 0.463 e. The lowest BCUT2D eigenvalue weighted by Crippen LogP contribution is -2.12. The van der Waals surface area contributed by atoms with E-state index in [1.165, 1.54) is 25.3 Å². The SMILES string of the molecule is COC(=O)c1oc(COC(=O)c2cc([N+](=O)[O-])ccc2NCCO)cc1C. The van der Waals surface area contributed by atoms with Crippen molar-refractivity contribution >= 4 is 23.3 Å². The molecular weight excluding hydrogens is 360 g/mol. The van der Waals surface area contributed by atoms with Crippen LogP contribution in [0.2, 0.25) is 0 Å². The number of ether oxygens (including phenoxy) is 2. The lowest BCUT2D eigenvalue weighted by molar-refractivity contribution is -0.384. The standard InChI is InChI=1S/C17H18N2O8/c1-10-7-12(27-15(10)17(22)25-2)9-26-16(21)13-8-11(19(23)24)3-4-14(13)18-5-6-20/h3-4,7-8,18,20H,5-6,9H2,1-2H3. The highest BCUT2D eigenvalue weighted by atomic mass is 16.6. The molecule has 10 heteroatoms. The van der Waals surface area contributed by atoms with E-state index >= 15 is 0 Å². The van der Waals surface area contributed by atoms with Crippen LogP contribution in [0.15, 0.2) is 28.7 Å². The second-order valence-corrected chi connectivity index (χ2v) is 5.43. The lowest BCUT2D eigenvalue weighted by atomic mass is 10.1. The molecule has 0 bridgehead atoms. The van der Waals surface area contributed by atoms with Crippen molar-refractivity contribution in [3.05, 3.63) is 57.0 Å². The van der Waals surface area contributed by atoms with Crippen LogP contribution >= 0.6 is 0 Å². The Morgan fingerprint density at radius 3 is 2.67 bits per heavy atom. The van der Waals surface area contributed by atoms with E-state index in [0.717, 1.165) is 6.07 Å². The molecule has 10 nitrogen and oxygen atoms in total. The predicted molar refractivity (Wildman–Crippen MR) is 92.6 cm³/mol. The summed E-state index contributed by atoms with van der Waals surface area (Å²) in [7, 11) is 1.22. The maximum Gasteiger partial charge on any atom is 0.374 e. The maximum absolute atomic E-state index is 12.4. The molecule has 2 rings (SSSR count). The molecule has 0 fully saturated rings. The Labute approximate surface area is 153 Å². The Balaban J connectivity index is 2.18. The van der Waals surface area contributed by atoms with Gasteiger partial charge in [-0.1, -0.05) is 0 Å². The molecule has 0 spiro atoms. The Bertz CT molecular complexity index is 859. The molecule has 144 valence electrons. The highest BCUT2D eigenvalue weighted by molar-refractivity contribution is 5.96. The number of nitrogens with zero attached hydrogens (tertiary/aromatic N) is 1. The molecule has 27 heavy (non-hydrogen) atoms. The normalized spacial score (nSPS) is 10.3. The summed E-state index contributed by atoms with van der Waals surface area (Å²) in [5, 5.41) is 22.6. The van der Waals surface area contributed by atoms with Crippen molar-refractivity contribution in [2.45, 2.75) is 13.5 Å². The first kappa shape index (κ1) is 19.9. The monoisotopic (exact) mass is 378 g/mol. The molecule has 0 aliphatic heterocycles. The molecule has 1 heterocycles. The van der Waals surface area contributed by atoms with Gasteiger partial charge in [-0.3, -0.25) is 10.1 Å². The summed E-state index contributed by atoms with van der Waals surface area (Å²) >= 11 is 0. The predicted octanol–water partition coefficient (Wildman–Crippen LogP) is 2.04. The number of carbonyl (C=O) groups is 2. The number of aliphatic hydroxyl groups is 1. The number of furan rings is 1. The number of non-ortho nitro benzene ring substituents is 1. The van der Waals surface area contributed by atoms with Crippen LogP contribution in [0.3, 0.4) is 0 Å². The Morgan fingerprint density at radius 1 is 1.30 bits per heavy atom. The quantitative estimate of drug-likeness (QED) is 0.401. The van der Waals surface area contributed by atoms with Crippen molar-refractivity contribution in [3.8, 4) is 0 Å². The van der Waals surface area contributed by atoms with E-state index in [2.05, 4.69) is 10.1 Å². The number of hydrogen-bond donors (Lipinski definition) is 2. The average molecular weight is 378 g/mol. The number of aryl methyl sites for hydroxylation is 1. The summed E-state index contributed by atoms with van der Waals surface area (Å²) in [4.78, 5) is 34.2. The van der Waals surface area contributed by atoms with Crippen molar-refractivity contribution < 1.29 is 33.5 Å². The van der Waals surface area contributed by atoms with Gasteiger partial charge >= 0.3 is 11.9 Å². The highest BCUT2D eigenvalue weighted by Crippen LogP contribution is 2.24. The van der Waals surface area contributed by atoms with E-state index in [9.17, 15) is 19.7 Å². The fraction of sp³-hybridized carbons (Fsp3) is 0.294. The Morgan fingerprint density at radius 2 is 2.04 bits per heavy atom. The first-order valence-electron chi connectivity index (χ1n) is 7.85. The summed E-state index contributed by atoms with van der Waals surface area (Å²) in [5.74, 6) is -1.26. The first-order valence-corrected chi connectivity index (χ1v) is 7.85. The van der Waals surface area contributed by atoms with Gasteiger partial charge in [0.1, 0.15) is 12.4 Å². The fourth-order valence-electron chi connectivity index (χ4n) is 2.29. The van der Waals surface area contributed by atoms with E-state index in [0.29, 0.717) is 5.56 Å². The van der Waals surface area contributed by atoms with Crippen molar-refractivity contribution in [2.75, 3.05) is 25.6 Å². The summed E-state index contributed by atoms with van der Waals surface area (Å²) in [6.07, 6.45) is 0. The van der Waals surface area contributed by atoms with Gasteiger partial charge in [-0.2, -0.15) is 0 Å². The molecule has 0 radical (unpaired) electrons. The summed E-state index contributed by atoms with van der Waals surface area (Å²) in [5.41, 5.74) is 0.464. The smallest absolute Gasteiger partial charge is 0.374 e. The minimum Gasteiger partial charge on any atom is -0.463 e. The number of nitrogens with one attached hydrogen (secondary N) is 1. The van der Waals surface area contributed by atoms with Gasteiger partial charge in [0.15, 0.2) is 0 Å². The fourth-order valence-corrected chi connectivity index (χ4v) is 2.29. The van der Waals surface area contributed by atoms with E-state index in [4.69, 9.17) is 14.3 Å². The van der Waals surface area contributed by atoms with Crippen LogP contribution in [0.5, 0.6) is 0 Å². The third-order valence-corrected chi connectivity index (χ3v) is 3.55. The van der Waals surface area contributed by atoms with E-state index in [1.807, 2.05) is 0 Å². The second kappa shape index (κ2) is 8.81. The Kier molecular flexibility index (Phi) is 6.50. The van der Waals surface area contributed by atoms with Crippen LogP contribution in [-0.2, 0) is 16.1 Å². The summed E-state index contributed by atoms with van der Waals surface area (Å²) in [6.45, 7) is 1.32. The van der Waals surface area contributed by atoms with Gasteiger partial charge in [0.25, 0.3) is 5.69 Å². The summed E-state index contributed by atoms with van der Waals surface area (Å²) < 4.78 is 15.0. The molecule has 0 unspecified atom stereocenters. The maximum atomic E-state index is 12.4. The van der Waals surface area contributed by atoms with E-state index in [-0.39, 0.29) is 48.2 Å². The van der Waals surface area contributed by atoms with Crippen LogP contribution in [0.4, 0.5) is 11.4 Å². The number of methoxy groups -OCH3 is 1. The number of anilines is 1. The van der Waals surface area contributed by atoms with Gasteiger partial charge < -0.3 is 24.3 Å². The molecule has 0 saturated carbocycles. The molecule has 1 aromatic heterocycles. The van der Waals surface area contributed by atoms with Crippen LogP contribution in [-0.4, -0.2) is 42.2 Å². The molecule has 2 aromatic rings. The van der Waals surface area contributed by atoms with Gasteiger partial charge in [0.05, 0.1) is 24.2 Å². The Hall–Kier alpha value is -3.40. The van der Waals surface area contributed by atoms with Crippen LogP contribution in [0.1, 0.15) is 32.2 Å². The molecule has 0 aliphatic rings. The van der Waals surface area contributed by atoms with Crippen LogP contribution < -0.4 is 5.32 Å². The highest BCUT2D eigenvalue weighted by Gasteiger charge is 2.20. The van der Waals surface area contributed by atoms with Gasteiger partial charge in [-0.25, -0.2) is 9.59 Å². The van der Waals surface area contributed by atoms with Gasteiger partial charge in [-0.05, 0) is 19.1 Å². The molecule has 0 atom stereocenters. The molecule has 1 aromatic carbocycles. The molecular formula is C17H18N2O8. The number of hydrogen-bond acceptors (Lipinski definition) is 9. The zero-order chi connectivity index (χ0) is 20.0. The van der Waals surface area contributed by atoms with E-state index < -0.39 is 16.9 Å². The second-order valence-electron chi connectivity index (χ2n) is 5.43. The zero-order valence-corrected chi connectivity index (χ0v) is 14.7. The number of benzene rings is 1. The number of nitro groups is 1. The van der Waals surface area contributed by atoms with Crippen molar-refractivity contribution in [1.82, 2.24) is 0 Å². The number of carbonyl (C=O) groups excluding carboxylic acids is 2. The number of rotatable bonds is 8. The van der Waals surface area contributed by atoms with Crippen molar-refractivity contribution in [2.24, 2.45) is 0 Å². The molecule has 2 N–H and O–H groups in total. The van der Waals surface area contributed by atoms with Crippen LogP contribution in [0.25, 0.3) is 0 Å². The van der Waals surface area contributed by atoms with Crippen molar-refractivity contribution in [3.63, 3.8) is 0 Å². The van der Waals surface area contributed by atoms with Crippen molar-refractivity contribution in [1.29, 1.82) is 0 Å². The molecule has 0 amide bonds.